The molecular formula is C24H30N2O5. The summed E-state index contributed by atoms with van der Waals surface area (Å²) >= 11 is 0. The maximum Gasteiger partial charge on any atom is 0.254 e. The highest BCUT2D eigenvalue weighted by Crippen LogP contribution is 2.33. The van der Waals surface area contributed by atoms with E-state index in [0.29, 0.717) is 36.8 Å². The van der Waals surface area contributed by atoms with Crippen molar-refractivity contribution >= 4 is 5.91 Å². The molecule has 2 aliphatic heterocycles. The van der Waals surface area contributed by atoms with Crippen LogP contribution in [0.5, 0.6) is 23.0 Å². The molecule has 0 aromatic heterocycles. The number of nitrogens with zero attached hydrogens (tertiary/aromatic N) is 2. The molecule has 31 heavy (non-hydrogen) atoms. The van der Waals surface area contributed by atoms with Gasteiger partial charge in [-0.1, -0.05) is 19.4 Å². The van der Waals surface area contributed by atoms with Gasteiger partial charge in [0.2, 0.25) is 6.79 Å². The van der Waals surface area contributed by atoms with E-state index in [-0.39, 0.29) is 12.7 Å². The fourth-order valence-electron chi connectivity index (χ4n) is 3.84. The molecule has 2 heterocycles. The van der Waals surface area contributed by atoms with Crippen molar-refractivity contribution in [3.05, 3.63) is 47.5 Å². The molecule has 7 nitrogen and oxygen atoms in total. The molecular weight excluding hydrogens is 396 g/mol. The molecule has 0 N–H and O–H groups in total. The first-order valence-electron chi connectivity index (χ1n) is 10.9. The SMILES string of the molecule is CCCCOc1ccc(C(=O)N2CCN(Cc3ccc4c(c3)OCO4)CC2)cc1OC. The van der Waals surface area contributed by atoms with Gasteiger partial charge in [-0.15, -0.1) is 0 Å². The summed E-state index contributed by atoms with van der Waals surface area (Å²) in [5, 5.41) is 0. The van der Waals surface area contributed by atoms with Crippen LogP contribution in [0.4, 0.5) is 0 Å². The van der Waals surface area contributed by atoms with Crippen LogP contribution in [0.1, 0.15) is 35.7 Å². The predicted molar refractivity (Wildman–Crippen MR) is 117 cm³/mol. The van der Waals surface area contributed by atoms with Crippen molar-refractivity contribution in [2.45, 2.75) is 26.3 Å². The van der Waals surface area contributed by atoms with Crippen LogP contribution in [0.25, 0.3) is 0 Å². The van der Waals surface area contributed by atoms with E-state index in [0.717, 1.165) is 44.0 Å². The summed E-state index contributed by atoms with van der Waals surface area (Å²) in [7, 11) is 1.60. The quantitative estimate of drug-likeness (QED) is 0.602. The molecule has 0 spiro atoms. The second-order valence-corrected chi connectivity index (χ2v) is 7.82. The molecule has 0 aliphatic carbocycles. The van der Waals surface area contributed by atoms with E-state index in [2.05, 4.69) is 17.9 Å². The van der Waals surface area contributed by atoms with Crippen LogP contribution in [0.15, 0.2) is 36.4 Å². The average Bonchev–Trinajstić information content (AvgIpc) is 3.27. The van der Waals surface area contributed by atoms with Crippen LogP contribution in [0, 0.1) is 0 Å². The zero-order chi connectivity index (χ0) is 21.6. The fraction of sp³-hybridized carbons (Fsp3) is 0.458. The van der Waals surface area contributed by atoms with Crippen molar-refractivity contribution in [3.63, 3.8) is 0 Å². The van der Waals surface area contributed by atoms with Gasteiger partial charge >= 0.3 is 0 Å². The van der Waals surface area contributed by atoms with E-state index >= 15 is 0 Å². The van der Waals surface area contributed by atoms with E-state index < -0.39 is 0 Å². The van der Waals surface area contributed by atoms with Crippen molar-refractivity contribution in [3.8, 4) is 23.0 Å². The molecule has 0 bridgehead atoms. The number of methoxy groups -OCH3 is 1. The Bertz CT molecular complexity index is 909. The lowest BCUT2D eigenvalue weighted by Gasteiger charge is -2.35. The van der Waals surface area contributed by atoms with Crippen molar-refractivity contribution in [1.82, 2.24) is 9.80 Å². The molecule has 0 radical (unpaired) electrons. The van der Waals surface area contributed by atoms with Gasteiger partial charge in [0.1, 0.15) is 0 Å². The molecule has 7 heteroatoms. The maximum atomic E-state index is 13.0. The molecule has 4 rings (SSSR count). The minimum Gasteiger partial charge on any atom is -0.493 e. The van der Waals surface area contributed by atoms with Crippen LogP contribution in [-0.4, -0.2) is 62.4 Å². The number of benzene rings is 2. The van der Waals surface area contributed by atoms with Gasteiger partial charge < -0.3 is 23.8 Å². The first-order chi connectivity index (χ1) is 15.2. The highest BCUT2D eigenvalue weighted by atomic mass is 16.7. The highest BCUT2D eigenvalue weighted by molar-refractivity contribution is 5.95. The van der Waals surface area contributed by atoms with Gasteiger partial charge in [-0.3, -0.25) is 9.69 Å². The number of hydrogen-bond acceptors (Lipinski definition) is 6. The number of piperazine rings is 1. The van der Waals surface area contributed by atoms with Gasteiger partial charge in [-0.2, -0.15) is 0 Å². The number of rotatable bonds is 8. The number of ether oxygens (including phenoxy) is 4. The van der Waals surface area contributed by atoms with Gasteiger partial charge in [0.25, 0.3) is 5.91 Å². The lowest BCUT2D eigenvalue weighted by Crippen LogP contribution is -2.48. The normalized spacial score (nSPS) is 15.7. The van der Waals surface area contributed by atoms with E-state index in [1.807, 2.05) is 29.2 Å². The molecule has 2 aromatic rings. The highest BCUT2D eigenvalue weighted by Gasteiger charge is 2.24. The lowest BCUT2D eigenvalue weighted by molar-refractivity contribution is 0.0628. The first-order valence-corrected chi connectivity index (χ1v) is 10.9. The number of hydrogen-bond donors (Lipinski definition) is 0. The molecule has 1 saturated heterocycles. The third-order valence-electron chi connectivity index (χ3n) is 5.67. The summed E-state index contributed by atoms with van der Waals surface area (Å²) in [6, 6.07) is 11.5. The Kier molecular flexibility index (Phi) is 6.82. The second-order valence-electron chi connectivity index (χ2n) is 7.82. The Morgan fingerprint density at radius 1 is 1.00 bits per heavy atom. The molecule has 2 aromatic carbocycles. The van der Waals surface area contributed by atoms with Crippen molar-refractivity contribution in [2.24, 2.45) is 0 Å². The summed E-state index contributed by atoms with van der Waals surface area (Å²) in [6.07, 6.45) is 2.06. The first kappa shape index (κ1) is 21.3. The Hall–Kier alpha value is -2.93. The van der Waals surface area contributed by atoms with E-state index in [1.54, 1.807) is 13.2 Å². The predicted octanol–water partition coefficient (Wildman–Crippen LogP) is 3.56. The van der Waals surface area contributed by atoms with Gasteiger partial charge in [-0.25, -0.2) is 0 Å². The zero-order valence-corrected chi connectivity index (χ0v) is 18.3. The lowest BCUT2D eigenvalue weighted by atomic mass is 10.1. The van der Waals surface area contributed by atoms with Crippen LogP contribution in [0.3, 0.4) is 0 Å². The van der Waals surface area contributed by atoms with E-state index in [9.17, 15) is 4.79 Å². The van der Waals surface area contributed by atoms with E-state index in [4.69, 9.17) is 18.9 Å². The monoisotopic (exact) mass is 426 g/mol. The van der Waals surface area contributed by atoms with Crippen LogP contribution >= 0.6 is 0 Å². The minimum absolute atomic E-state index is 0.0288. The fourth-order valence-corrected chi connectivity index (χ4v) is 3.84. The topological polar surface area (TPSA) is 60.5 Å². The molecule has 166 valence electrons. The molecule has 1 fully saturated rings. The number of carbonyl (C=O) groups excluding carboxylic acids is 1. The van der Waals surface area contributed by atoms with Crippen molar-refractivity contribution in [1.29, 1.82) is 0 Å². The maximum absolute atomic E-state index is 13.0. The summed E-state index contributed by atoms with van der Waals surface area (Å²) in [4.78, 5) is 17.3. The van der Waals surface area contributed by atoms with Gasteiger partial charge in [-0.05, 0) is 42.3 Å². The number of amides is 1. The average molecular weight is 427 g/mol. The summed E-state index contributed by atoms with van der Waals surface area (Å²) in [5.41, 5.74) is 1.82. The van der Waals surface area contributed by atoms with Gasteiger partial charge in [0.15, 0.2) is 23.0 Å². The van der Waals surface area contributed by atoms with Gasteiger partial charge in [0, 0.05) is 38.3 Å². The van der Waals surface area contributed by atoms with Gasteiger partial charge in [0.05, 0.1) is 13.7 Å². The van der Waals surface area contributed by atoms with Crippen LogP contribution in [0.2, 0.25) is 0 Å². The zero-order valence-electron chi connectivity index (χ0n) is 18.3. The van der Waals surface area contributed by atoms with E-state index in [1.165, 1.54) is 5.56 Å². The third-order valence-corrected chi connectivity index (χ3v) is 5.67. The van der Waals surface area contributed by atoms with Crippen molar-refractivity contribution in [2.75, 3.05) is 46.7 Å². The molecule has 0 saturated carbocycles. The third kappa shape index (κ3) is 5.05. The molecule has 0 atom stereocenters. The summed E-state index contributed by atoms with van der Waals surface area (Å²) < 4.78 is 22.1. The smallest absolute Gasteiger partial charge is 0.254 e. The second kappa shape index (κ2) is 9.92. The molecule has 0 unspecified atom stereocenters. The largest absolute Gasteiger partial charge is 0.493 e. The molecule has 1 amide bonds. The Morgan fingerprint density at radius 3 is 2.58 bits per heavy atom. The van der Waals surface area contributed by atoms with Crippen LogP contribution < -0.4 is 18.9 Å². The Morgan fingerprint density at radius 2 is 1.81 bits per heavy atom. The summed E-state index contributed by atoms with van der Waals surface area (Å²) in [5.74, 6) is 2.92. The molecule has 2 aliphatic rings. The number of fused-ring (bicyclic) bond motifs is 1. The number of carbonyl (C=O) groups is 1. The Balaban J connectivity index is 1.32. The Labute approximate surface area is 183 Å². The van der Waals surface area contributed by atoms with Crippen molar-refractivity contribution < 1.29 is 23.7 Å². The standard InChI is InChI=1S/C24H30N2O5/c1-3-4-13-29-20-8-6-19(15-22(20)28-2)24(27)26-11-9-25(10-12-26)16-18-5-7-21-23(14-18)31-17-30-21/h5-8,14-15H,3-4,9-13,16-17H2,1-2H3. The summed E-state index contributed by atoms with van der Waals surface area (Å²) in [6.45, 7) is 6.93. The minimum atomic E-state index is 0.0288. The van der Waals surface area contributed by atoms with Crippen LogP contribution in [-0.2, 0) is 6.54 Å². The number of unbranched alkanes of at least 4 members (excludes halogenated alkanes) is 1.